The van der Waals surface area contributed by atoms with Gasteiger partial charge in [0.15, 0.2) is 0 Å². The summed E-state index contributed by atoms with van der Waals surface area (Å²) in [4.78, 5) is 22.7. The predicted octanol–water partition coefficient (Wildman–Crippen LogP) is 8.91. The van der Waals surface area contributed by atoms with E-state index in [0.29, 0.717) is 29.9 Å². The van der Waals surface area contributed by atoms with Crippen LogP contribution in [0.3, 0.4) is 0 Å². The normalized spacial score (nSPS) is 15.3. The van der Waals surface area contributed by atoms with Gasteiger partial charge in [-0.15, -0.1) is 0 Å². The summed E-state index contributed by atoms with van der Waals surface area (Å²) in [6.07, 6.45) is 1.42. The molecule has 1 aliphatic rings. The van der Waals surface area contributed by atoms with Crippen molar-refractivity contribution in [1.82, 2.24) is 9.97 Å². The minimum atomic E-state index is -0.753. The first-order chi connectivity index (χ1) is 19.1. The van der Waals surface area contributed by atoms with E-state index in [1.807, 2.05) is 25.7 Å². The van der Waals surface area contributed by atoms with Crippen LogP contribution in [0.5, 0.6) is 0 Å². The average molecular weight is 631 g/mol. The zero-order valence-corrected chi connectivity index (χ0v) is 25.1. The molecule has 41 heavy (non-hydrogen) atoms. The maximum Gasteiger partial charge on any atom is 0.329 e. The highest BCUT2D eigenvalue weighted by molar-refractivity contribution is 6.39. The number of aromatic nitrogens is 2. The molecule has 0 bridgehead atoms. The molecular formula is C29H26Cl3F4N3O2. The molecule has 0 amide bonds. The smallest absolute Gasteiger partial charge is 0.329 e. The van der Waals surface area contributed by atoms with Crippen molar-refractivity contribution in [1.29, 1.82) is 0 Å². The van der Waals surface area contributed by atoms with Gasteiger partial charge in [0, 0.05) is 41.9 Å². The topological polar surface area (TPSA) is 55.3 Å². The molecule has 1 fully saturated rings. The van der Waals surface area contributed by atoms with Gasteiger partial charge in [0.25, 0.3) is 0 Å². The highest BCUT2D eigenvalue weighted by Gasteiger charge is 2.36. The molecule has 4 aromatic rings. The molecule has 3 heterocycles. The van der Waals surface area contributed by atoms with Crippen LogP contribution >= 0.6 is 34.8 Å². The van der Waals surface area contributed by atoms with E-state index in [0.717, 1.165) is 30.7 Å². The molecule has 0 unspecified atom stereocenters. The Labute approximate surface area is 249 Å². The molecule has 0 saturated carbocycles. The third-order valence-electron chi connectivity index (χ3n) is 6.46. The van der Waals surface area contributed by atoms with Crippen molar-refractivity contribution in [3.63, 3.8) is 0 Å². The van der Waals surface area contributed by atoms with Crippen LogP contribution in [0.25, 0.3) is 21.8 Å². The van der Waals surface area contributed by atoms with Crippen LogP contribution < -0.4 is 4.90 Å². The Morgan fingerprint density at radius 1 is 0.878 bits per heavy atom. The second kappa shape index (κ2) is 11.8. The van der Waals surface area contributed by atoms with Crippen LogP contribution in [-0.2, 0) is 9.53 Å². The molecule has 218 valence electrons. The Hall–Kier alpha value is -2.88. The summed E-state index contributed by atoms with van der Waals surface area (Å²) in [5.74, 6) is -2.79. The van der Waals surface area contributed by atoms with Gasteiger partial charge in [0.1, 0.15) is 45.9 Å². The lowest BCUT2D eigenvalue weighted by Gasteiger charge is -2.29. The number of carbonyl (C=O) groups is 1. The first-order valence-corrected chi connectivity index (χ1v) is 13.8. The Kier molecular flexibility index (Phi) is 8.92. The van der Waals surface area contributed by atoms with E-state index in [-0.39, 0.29) is 43.0 Å². The quantitative estimate of drug-likeness (QED) is 0.126. The summed E-state index contributed by atoms with van der Waals surface area (Å²) in [7, 11) is 0. The number of esters is 1. The Balaban J connectivity index is 0.000000218. The van der Waals surface area contributed by atoms with Crippen molar-refractivity contribution in [3.8, 4) is 0 Å². The van der Waals surface area contributed by atoms with Gasteiger partial charge in [-0.3, -0.25) is 0 Å². The summed E-state index contributed by atoms with van der Waals surface area (Å²) in [5, 5.41) is 0.680. The SMILES string of the molecule is Cc1c(Cl)nc2cc(F)cc(F)c2c1Cl.Cc1c(N2CCC[C@H]2C(=O)OC(C)(C)C)nc2cc(F)cc(F)c2c1Cl. The minimum absolute atomic E-state index is 0.0855. The molecule has 0 N–H and O–H groups in total. The second-order valence-electron chi connectivity index (χ2n) is 10.7. The fourth-order valence-electron chi connectivity index (χ4n) is 4.60. The van der Waals surface area contributed by atoms with E-state index < -0.39 is 34.9 Å². The van der Waals surface area contributed by atoms with Crippen molar-refractivity contribution in [2.24, 2.45) is 0 Å². The van der Waals surface area contributed by atoms with E-state index >= 15 is 0 Å². The lowest BCUT2D eigenvalue weighted by Crippen LogP contribution is -2.41. The van der Waals surface area contributed by atoms with E-state index in [9.17, 15) is 22.4 Å². The first-order valence-electron chi connectivity index (χ1n) is 12.6. The second-order valence-corrected chi connectivity index (χ2v) is 11.8. The van der Waals surface area contributed by atoms with Crippen LogP contribution in [0.15, 0.2) is 24.3 Å². The third kappa shape index (κ3) is 6.47. The monoisotopic (exact) mass is 629 g/mol. The molecule has 2 aromatic carbocycles. The Morgan fingerprint density at radius 2 is 1.39 bits per heavy atom. The van der Waals surface area contributed by atoms with Gasteiger partial charge in [0.2, 0.25) is 0 Å². The number of anilines is 1. The molecule has 0 radical (unpaired) electrons. The standard InChI is InChI=1S/C19H21ClF2N2O2.C10H5Cl2F2N/c1-10-16(20)15-12(22)8-11(21)9-13(15)23-17(10)24-7-5-6-14(24)18(25)26-19(2,3)4;1-4-9(11)8-6(14)2-5(13)3-7(8)15-10(4)12/h8-9,14H,5-7H2,1-4H3;2-3H,1H3/t14-;/m0./s1. The molecular weight excluding hydrogens is 605 g/mol. The largest absolute Gasteiger partial charge is 0.458 e. The Bertz CT molecular complexity index is 1680. The van der Waals surface area contributed by atoms with Crippen molar-refractivity contribution >= 4 is 68.4 Å². The Morgan fingerprint density at radius 3 is 1.93 bits per heavy atom. The molecule has 5 rings (SSSR count). The number of benzene rings is 2. The number of fused-ring (bicyclic) bond motifs is 2. The first kappa shape index (κ1) is 31.1. The van der Waals surface area contributed by atoms with Crippen molar-refractivity contribution in [2.75, 3.05) is 11.4 Å². The number of nitrogens with zero attached hydrogens (tertiary/aromatic N) is 3. The van der Waals surface area contributed by atoms with Gasteiger partial charge in [-0.25, -0.2) is 32.3 Å². The molecule has 2 aromatic heterocycles. The molecule has 0 spiro atoms. The molecule has 5 nitrogen and oxygen atoms in total. The summed E-state index contributed by atoms with van der Waals surface area (Å²) in [6, 6.07) is 3.30. The molecule has 1 atom stereocenters. The van der Waals surface area contributed by atoms with E-state index in [1.165, 1.54) is 0 Å². The summed E-state index contributed by atoms with van der Waals surface area (Å²) in [5.41, 5.74) is 0.689. The highest BCUT2D eigenvalue weighted by Crippen LogP contribution is 2.37. The van der Waals surface area contributed by atoms with Crippen molar-refractivity contribution in [3.05, 3.63) is 73.9 Å². The number of hydrogen-bond donors (Lipinski definition) is 0. The van der Waals surface area contributed by atoms with Gasteiger partial charge in [0.05, 0.1) is 31.9 Å². The minimum Gasteiger partial charge on any atom is -0.458 e. The van der Waals surface area contributed by atoms with Crippen LogP contribution in [0.2, 0.25) is 15.2 Å². The maximum atomic E-state index is 14.1. The number of hydrogen-bond acceptors (Lipinski definition) is 5. The zero-order valence-electron chi connectivity index (χ0n) is 22.8. The maximum absolute atomic E-state index is 14.1. The number of pyridine rings is 2. The lowest BCUT2D eigenvalue weighted by atomic mass is 10.1. The van der Waals surface area contributed by atoms with Crippen LogP contribution in [0, 0.1) is 37.1 Å². The van der Waals surface area contributed by atoms with E-state index in [1.54, 1.807) is 13.8 Å². The van der Waals surface area contributed by atoms with Gasteiger partial charge in [-0.2, -0.15) is 0 Å². The van der Waals surface area contributed by atoms with Crippen molar-refractivity contribution in [2.45, 2.75) is 59.1 Å². The fraction of sp³-hybridized carbons (Fsp3) is 0.345. The summed E-state index contributed by atoms with van der Waals surface area (Å²) in [6.45, 7) is 9.37. The fourth-order valence-corrected chi connectivity index (χ4v) is 5.38. The number of ether oxygens (including phenoxy) is 1. The predicted molar refractivity (Wildman–Crippen MR) is 154 cm³/mol. The number of halogens is 7. The molecule has 0 aliphatic carbocycles. The zero-order chi connectivity index (χ0) is 30.4. The molecule has 1 saturated heterocycles. The average Bonchev–Trinajstić information content (AvgIpc) is 3.33. The van der Waals surface area contributed by atoms with E-state index in [2.05, 4.69) is 9.97 Å². The van der Waals surface area contributed by atoms with Gasteiger partial charge >= 0.3 is 5.97 Å². The lowest BCUT2D eigenvalue weighted by molar-refractivity contribution is -0.156. The number of carbonyl (C=O) groups excluding carboxylic acids is 1. The highest BCUT2D eigenvalue weighted by atomic mass is 35.5. The van der Waals surface area contributed by atoms with Crippen LogP contribution in [-0.4, -0.2) is 34.1 Å². The summed E-state index contributed by atoms with van der Waals surface area (Å²) < 4.78 is 59.6. The van der Waals surface area contributed by atoms with Crippen molar-refractivity contribution < 1.29 is 27.1 Å². The van der Waals surface area contributed by atoms with Gasteiger partial charge < -0.3 is 9.64 Å². The van der Waals surface area contributed by atoms with Crippen LogP contribution in [0.1, 0.15) is 44.7 Å². The van der Waals surface area contributed by atoms with E-state index in [4.69, 9.17) is 39.5 Å². The van der Waals surface area contributed by atoms with Gasteiger partial charge in [-0.1, -0.05) is 34.8 Å². The van der Waals surface area contributed by atoms with Gasteiger partial charge in [-0.05, 0) is 47.5 Å². The summed E-state index contributed by atoms with van der Waals surface area (Å²) >= 11 is 18.0. The van der Waals surface area contributed by atoms with Crippen LogP contribution in [0.4, 0.5) is 23.4 Å². The molecule has 12 heteroatoms. The molecule has 1 aliphatic heterocycles. The third-order valence-corrected chi connectivity index (χ3v) is 7.77. The number of rotatable bonds is 2.